The number of fused-ring (bicyclic) bond motifs is 1. The van der Waals surface area contributed by atoms with Gasteiger partial charge < -0.3 is 19.7 Å². The number of carbonyl (C=O) groups excluding carboxylic acids is 1. The molecule has 30 heavy (non-hydrogen) atoms. The summed E-state index contributed by atoms with van der Waals surface area (Å²) in [5.41, 5.74) is 4.56. The van der Waals surface area contributed by atoms with Gasteiger partial charge in [-0.15, -0.1) is 0 Å². The molecule has 2 N–H and O–H groups in total. The standard InChI is InChI=1S/C25H34O5/c1-15(2)22(27)7-6-16(3)8-20-9-17(4)12-25(29-20)13-19(14-26)21-11-23(28)18(5)10-24(21)30-25/h8,10,12-13,20-22,24,26-27H,1,6-7,9,11,14H2,2-5H3/t20-,21-,22?,24-,25+/m0/s1. The molecule has 164 valence electrons. The number of rotatable bonds is 6. The molecule has 1 unspecified atom stereocenters. The Hall–Kier alpha value is -1.79. The van der Waals surface area contributed by atoms with Crippen LogP contribution in [0.3, 0.4) is 0 Å². The number of aliphatic hydroxyl groups excluding tert-OH is 2. The number of allylic oxidation sites excluding steroid dienone is 2. The Labute approximate surface area is 179 Å². The fourth-order valence-corrected chi connectivity index (χ4v) is 4.44. The van der Waals surface area contributed by atoms with Crippen molar-refractivity contribution in [1.29, 1.82) is 0 Å². The van der Waals surface area contributed by atoms with E-state index < -0.39 is 11.9 Å². The van der Waals surface area contributed by atoms with Crippen LogP contribution in [0.15, 0.2) is 58.7 Å². The Morgan fingerprint density at radius 1 is 1.30 bits per heavy atom. The lowest BCUT2D eigenvalue weighted by Crippen LogP contribution is -2.49. The SMILES string of the molecule is C=C(C)C(O)CCC(C)=C[C@H]1CC(C)=C[C@@]2(C=C(CO)[C@@H]3CC(=O)C(C)=C[C@@H]3O2)O1. The Balaban J connectivity index is 1.81. The number of ketones is 1. The highest BCUT2D eigenvalue weighted by Crippen LogP contribution is 2.42. The van der Waals surface area contributed by atoms with E-state index in [9.17, 15) is 15.0 Å². The van der Waals surface area contributed by atoms with Crippen molar-refractivity contribution in [3.05, 3.63) is 58.7 Å². The van der Waals surface area contributed by atoms with E-state index in [0.717, 1.165) is 35.1 Å². The van der Waals surface area contributed by atoms with E-state index in [2.05, 4.69) is 19.6 Å². The summed E-state index contributed by atoms with van der Waals surface area (Å²) in [6.45, 7) is 11.4. The van der Waals surface area contributed by atoms with Gasteiger partial charge in [-0.1, -0.05) is 29.4 Å². The van der Waals surface area contributed by atoms with Crippen LogP contribution in [0.4, 0.5) is 0 Å². The van der Waals surface area contributed by atoms with Crippen molar-refractivity contribution in [2.75, 3.05) is 6.61 Å². The van der Waals surface area contributed by atoms with Crippen LogP contribution in [0.5, 0.6) is 0 Å². The average molecular weight is 415 g/mol. The van der Waals surface area contributed by atoms with E-state index in [0.29, 0.717) is 18.4 Å². The van der Waals surface area contributed by atoms with Gasteiger partial charge in [-0.2, -0.15) is 0 Å². The summed E-state index contributed by atoms with van der Waals surface area (Å²) in [7, 11) is 0. The molecule has 0 saturated heterocycles. The molecule has 3 rings (SSSR count). The summed E-state index contributed by atoms with van der Waals surface area (Å²) >= 11 is 0. The van der Waals surface area contributed by atoms with Crippen LogP contribution in [-0.4, -0.2) is 46.7 Å². The summed E-state index contributed by atoms with van der Waals surface area (Å²) in [5.74, 6) is -1.09. The molecular weight excluding hydrogens is 380 g/mol. The van der Waals surface area contributed by atoms with E-state index in [1.807, 2.05) is 39.0 Å². The molecule has 3 aliphatic rings. The van der Waals surface area contributed by atoms with Gasteiger partial charge in [0, 0.05) is 12.3 Å². The molecule has 0 aromatic heterocycles. The van der Waals surface area contributed by atoms with Crippen molar-refractivity contribution < 1.29 is 24.5 Å². The predicted molar refractivity (Wildman–Crippen MR) is 117 cm³/mol. The second kappa shape index (κ2) is 9.15. The highest BCUT2D eigenvalue weighted by atomic mass is 16.7. The molecule has 2 aliphatic heterocycles. The third kappa shape index (κ3) is 5.09. The topological polar surface area (TPSA) is 76.0 Å². The van der Waals surface area contributed by atoms with Gasteiger partial charge in [0.2, 0.25) is 5.79 Å². The van der Waals surface area contributed by atoms with E-state index in [1.54, 1.807) is 0 Å². The van der Waals surface area contributed by atoms with E-state index >= 15 is 0 Å². The molecule has 5 atom stereocenters. The average Bonchev–Trinajstić information content (AvgIpc) is 2.66. The molecule has 0 radical (unpaired) electrons. The Kier molecular flexibility index (Phi) is 6.98. The van der Waals surface area contributed by atoms with Crippen LogP contribution >= 0.6 is 0 Å². The van der Waals surface area contributed by atoms with E-state index in [4.69, 9.17) is 9.47 Å². The molecule has 5 heteroatoms. The molecule has 5 nitrogen and oxygen atoms in total. The van der Waals surface area contributed by atoms with E-state index in [1.165, 1.54) is 0 Å². The van der Waals surface area contributed by atoms with Gasteiger partial charge in [0.1, 0.15) is 0 Å². The molecule has 0 saturated carbocycles. The predicted octanol–water partition coefficient (Wildman–Crippen LogP) is 3.93. The fourth-order valence-electron chi connectivity index (χ4n) is 4.44. The van der Waals surface area contributed by atoms with Gasteiger partial charge in [-0.25, -0.2) is 0 Å². The first kappa shape index (κ1) is 22.9. The quantitative estimate of drug-likeness (QED) is 0.644. The highest BCUT2D eigenvalue weighted by Gasteiger charge is 2.45. The second-order valence-corrected chi connectivity index (χ2v) is 9.03. The highest BCUT2D eigenvalue weighted by molar-refractivity contribution is 5.96. The van der Waals surface area contributed by atoms with Gasteiger partial charge in [0.25, 0.3) is 0 Å². The zero-order chi connectivity index (χ0) is 22.1. The molecule has 0 fully saturated rings. The lowest BCUT2D eigenvalue weighted by molar-refractivity contribution is -0.224. The van der Waals surface area contributed by atoms with Crippen molar-refractivity contribution in [2.45, 2.75) is 77.5 Å². The molecule has 2 heterocycles. The first-order valence-electron chi connectivity index (χ1n) is 10.7. The zero-order valence-corrected chi connectivity index (χ0v) is 18.5. The maximum absolute atomic E-state index is 12.1. The molecule has 0 amide bonds. The summed E-state index contributed by atoms with van der Waals surface area (Å²) < 4.78 is 12.8. The maximum Gasteiger partial charge on any atom is 0.209 e. The lowest BCUT2D eigenvalue weighted by Gasteiger charge is -2.45. The maximum atomic E-state index is 12.1. The summed E-state index contributed by atoms with van der Waals surface area (Å²) in [5, 5.41) is 19.9. The minimum Gasteiger partial charge on any atom is -0.392 e. The Morgan fingerprint density at radius 2 is 2.03 bits per heavy atom. The molecule has 1 aliphatic carbocycles. The number of Topliss-reactive ketones (excluding diaryl/α,β-unsaturated/α-hetero) is 1. The van der Waals surface area contributed by atoms with Gasteiger partial charge in [-0.3, -0.25) is 4.79 Å². The van der Waals surface area contributed by atoms with Gasteiger partial charge in [-0.05, 0) is 76.3 Å². The molecule has 0 aromatic rings. The summed E-state index contributed by atoms with van der Waals surface area (Å²) in [6.07, 6.45) is 9.32. The smallest absolute Gasteiger partial charge is 0.209 e. The van der Waals surface area contributed by atoms with Crippen LogP contribution in [0.2, 0.25) is 0 Å². The van der Waals surface area contributed by atoms with Crippen molar-refractivity contribution in [1.82, 2.24) is 0 Å². The summed E-state index contributed by atoms with van der Waals surface area (Å²) in [4.78, 5) is 12.1. The summed E-state index contributed by atoms with van der Waals surface area (Å²) in [6, 6.07) is 0. The largest absolute Gasteiger partial charge is 0.392 e. The Morgan fingerprint density at radius 3 is 2.70 bits per heavy atom. The van der Waals surface area contributed by atoms with Crippen molar-refractivity contribution >= 4 is 5.78 Å². The van der Waals surface area contributed by atoms with Crippen LogP contribution < -0.4 is 0 Å². The zero-order valence-electron chi connectivity index (χ0n) is 18.5. The number of ether oxygens (including phenoxy) is 2. The van der Waals surface area contributed by atoms with Gasteiger partial charge in [0.15, 0.2) is 5.78 Å². The van der Waals surface area contributed by atoms with Crippen LogP contribution in [0, 0.1) is 5.92 Å². The molecule has 0 bridgehead atoms. The second-order valence-electron chi connectivity index (χ2n) is 9.03. The normalized spacial score (nSPS) is 32.9. The Bertz CT molecular complexity index is 830. The number of hydrogen-bond donors (Lipinski definition) is 2. The third-order valence-corrected chi connectivity index (χ3v) is 6.18. The minimum absolute atomic E-state index is 0.0971. The molecule has 1 spiro atoms. The van der Waals surface area contributed by atoms with Crippen LogP contribution in [-0.2, 0) is 14.3 Å². The molecular formula is C25H34O5. The van der Waals surface area contributed by atoms with Crippen LogP contribution in [0.1, 0.15) is 53.4 Å². The monoisotopic (exact) mass is 414 g/mol. The number of hydrogen-bond acceptors (Lipinski definition) is 5. The lowest BCUT2D eigenvalue weighted by atomic mass is 9.79. The first-order valence-corrected chi connectivity index (χ1v) is 10.7. The fraction of sp³-hybridized carbons (Fsp3) is 0.560. The van der Waals surface area contributed by atoms with Gasteiger partial charge >= 0.3 is 0 Å². The number of carbonyl (C=O) groups is 1. The third-order valence-electron chi connectivity index (χ3n) is 6.18. The first-order chi connectivity index (χ1) is 14.1. The van der Waals surface area contributed by atoms with Crippen molar-refractivity contribution in [3.63, 3.8) is 0 Å². The van der Waals surface area contributed by atoms with Crippen molar-refractivity contribution in [3.8, 4) is 0 Å². The number of aliphatic hydroxyl groups is 2. The minimum atomic E-state index is -1.04. The van der Waals surface area contributed by atoms with E-state index in [-0.39, 0.29) is 30.5 Å². The van der Waals surface area contributed by atoms with Crippen molar-refractivity contribution in [2.24, 2.45) is 5.92 Å². The van der Waals surface area contributed by atoms with Crippen LogP contribution in [0.25, 0.3) is 0 Å². The molecule has 0 aromatic carbocycles. The van der Waals surface area contributed by atoms with Gasteiger partial charge in [0.05, 0.1) is 24.9 Å².